The second-order valence-corrected chi connectivity index (χ2v) is 6.10. The Morgan fingerprint density at radius 2 is 2.14 bits per heavy atom. The van der Waals surface area contributed by atoms with Crippen molar-refractivity contribution >= 4 is 27.5 Å². The number of benzene rings is 1. The molecule has 0 spiro atoms. The molecule has 0 radical (unpaired) electrons. The van der Waals surface area contributed by atoms with Crippen molar-refractivity contribution in [1.82, 2.24) is 10.3 Å². The van der Waals surface area contributed by atoms with E-state index in [0.29, 0.717) is 28.7 Å². The van der Waals surface area contributed by atoms with Crippen molar-refractivity contribution in [2.24, 2.45) is 0 Å². The van der Waals surface area contributed by atoms with Crippen molar-refractivity contribution in [3.05, 3.63) is 51.3 Å². The Labute approximate surface area is 136 Å². The topological polar surface area (TPSA) is 34.2 Å². The molecule has 2 aromatic rings. The van der Waals surface area contributed by atoms with Gasteiger partial charge in [-0.05, 0) is 33.6 Å². The van der Waals surface area contributed by atoms with E-state index in [9.17, 15) is 4.39 Å². The van der Waals surface area contributed by atoms with Gasteiger partial charge in [-0.3, -0.25) is 0 Å². The summed E-state index contributed by atoms with van der Waals surface area (Å²) in [7, 11) is 0. The van der Waals surface area contributed by atoms with Gasteiger partial charge in [0.25, 0.3) is 0 Å². The number of rotatable bonds is 5. The van der Waals surface area contributed by atoms with Crippen molar-refractivity contribution in [3.8, 4) is 11.6 Å². The van der Waals surface area contributed by atoms with Crippen LogP contribution in [0.25, 0.3) is 0 Å². The molecule has 1 N–H and O–H groups in total. The number of aromatic nitrogens is 1. The van der Waals surface area contributed by atoms with Crippen LogP contribution in [0.5, 0.6) is 11.6 Å². The quantitative estimate of drug-likeness (QED) is 0.755. The van der Waals surface area contributed by atoms with Crippen LogP contribution in [0.1, 0.15) is 19.4 Å². The molecule has 0 bridgehead atoms. The van der Waals surface area contributed by atoms with E-state index in [1.165, 1.54) is 12.1 Å². The van der Waals surface area contributed by atoms with Gasteiger partial charge in [-0.25, -0.2) is 9.37 Å². The van der Waals surface area contributed by atoms with Crippen LogP contribution in [-0.4, -0.2) is 11.0 Å². The Morgan fingerprint density at radius 3 is 2.86 bits per heavy atom. The average molecular weight is 374 g/mol. The number of hydrogen-bond acceptors (Lipinski definition) is 3. The number of nitrogens with one attached hydrogen (secondary N) is 1. The fraction of sp³-hybridized carbons (Fsp3) is 0.267. The Hall–Kier alpha value is -1.17. The predicted octanol–water partition coefficient (Wildman–Crippen LogP) is 4.93. The first-order chi connectivity index (χ1) is 9.95. The molecule has 0 aliphatic rings. The molecular formula is C15H15BrClFN2O. The molecule has 0 aliphatic heterocycles. The van der Waals surface area contributed by atoms with Crippen molar-refractivity contribution < 1.29 is 9.13 Å². The average Bonchev–Trinajstić information content (AvgIpc) is 2.43. The number of halogens is 3. The summed E-state index contributed by atoms with van der Waals surface area (Å²) in [5.74, 6) is 0.200. The molecule has 6 heteroatoms. The Bertz CT molecular complexity index is 637. The van der Waals surface area contributed by atoms with E-state index in [4.69, 9.17) is 16.3 Å². The highest BCUT2D eigenvalue weighted by molar-refractivity contribution is 9.10. The molecule has 2 rings (SSSR count). The summed E-state index contributed by atoms with van der Waals surface area (Å²) in [6, 6.07) is 6.79. The molecule has 21 heavy (non-hydrogen) atoms. The van der Waals surface area contributed by atoms with E-state index in [1.54, 1.807) is 6.20 Å². The summed E-state index contributed by atoms with van der Waals surface area (Å²) < 4.78 is 19.7. The van der Waals surface area contributed by atoms with Gasteiger partial charge in [0.15, 0.2) is 0 Å². The standard InChI is InChI=1S/C15H15BrClFN2O/c1-9(2)20-8-10-3-4-19-15(5-10)21-14-7-13(18)12(17)6-11(14)16/h3-7,9,20H,8H2,1-2H3. The van der Waals surface area contributed by atoms with E-state index in [1.807, 2.05) is 12.1 Å². The highest BCUT2D eigenvalue weighted by atomic mass is 79.9. The minimum Gasteiger partial charge on any atom is -0.438 e. The molecule has 112 valence electrons. The maximum atomic E-state index is 13.5. The third kappa shape index (κ3) is 4.66. The first kappa shape index (κ1) is 16.2. The van der Waals surface area contributed by atoms with Crippen LogP contribution >= 0.6 is 27.5 Å². The fourth-order valence-electron chi connectivity index (χ4n) is 1.63. The van der Waals surface area contributed by atoms with E-state index >= 15 is 0 Å². The molecule has 3 nitrogen and oxygen atoms in total. The minimum atomic E-state index is -0.535. The lowest BCUT2D eigenvalue weighted by atomic mass is 10.2. The van der Waals surface area contributed by atoms with E-state index in [0.717, 1.165) is 5.56 Å². The zero-order chi connectivity index (χ0) is 15.4. The monoisotopic (exact) mass is 372 g/mol. The predicted molar refractivity (Wildman–Crippen MR) is 85.4 cm³/mol. The lowest BCUT2D eigenvalue weighted by Crippen LogP contribution is -2.21. The first-order valence-corrected chi connectivity index (χ1v) is 7.63. The summed E-state index contributed by atoms with van der Waals surface area (Å²) in [5, 5.41) is 3.35. The van der Waals surface area contributed by atoms with Crippen LogP contribution in [0.15, 0.2) is 34.9 Å². The molecule has 0 aliphatic carbocycles. The van der Waals surface area contributed by atoms with Crippen LogP contribution < -0.4 is 10.1 Å². The van der Waals surface area contributed by atoms with Crippen molar-refractivity contribution in [2.75, 3.05) is 0 Å². The summed E-state index contributed by atoms with van der Waals surface area (Å²) in [5.41, 5.74) is 1.04. The van der Waals surface area contributed by atoms with Crippen molar-refractivity contribution in [2.45, 2.75) is 26.4 Å². The maximum absolute atomic E-state index is 13.5. The van der Waals surface area contributed by atoms with Gasteiger partial charge >= 0.3 is 0 Å². The van der Waals surface area contributed by atoms with E-state index < -0.39 is 5.82 Å². The molecule has 0 fully saturated rings. The van der Waals surface area contributed by atoms with Gasteiger partial charge in [0, 0.05) is 30.9 Å². The Morgan fingerprint density at radius 1 is 1.38 bits per heavy atom. The van der Waals surface area contributed by atoms with Crippen LogP contribution in [0.2, 0.25) is 5.02 Å². The molecule has 1 aromatic carbocycles. The SMILES string of the molecule is CC(C)NCc1ccnc(Oc2cc(F)c(Cl)cc2Br)c1. The molecule has 1 heterocycles. The summed E-state index contributed by atoms with van der Waals surface area (Å²) >= 11 is 8.99. The van der Waals surface area contributed by atoms with Gasteiger partial charge in [-0.15, -0.1) is 0 Å². The number of nitrogens with zero attached hydrogens (tertiary/aromatic N) is 1. The number of pyridine rings is 1. The van der Waals surface area contributed by atoms with Gasteiger partial charge < -0.3 is 10.1 Å². The fourth-order valence-corrected chi connectivity index (χ4v) is 2.35. The smallest absolute Gasteiger partial charge is 0.219 e. The second kappa shape index (κ2) is 7.20. The molecule has 0 atom stereocenters. The van der Waals surface area contributed by atoms with E-state index in [-0.39, 0.29) is 5.02 Å². The van der Waals surface area contributed by atoms with Gasteiger partial charge in [0.05, 0.1) is 9.50 Å². The zero-order valence-electron chi connectivity index (χ0n) is 11.7. The molecule has 1 aromatic heterocycles. The molecule has 0 amide bonds. The normalized spacial score (nSPS) is 11.0. The lowest BCUT2D eigenvalue weighted by molar-refractivity contribution is 0.453. The second-order valence-electron chi connectivity index (χ2n) is 4.84. The number of hydrogen-bond donors (Lipinski definition) is 1. The summed E-state index contributed by atoms with van der Waals surface area (Å²) in [4.78, 5) is 4.13. The lowest BCUT2D eigenvalue weighted by Gasteiger charge is -2.11. The zero-order valence-corrected chi connectivity index (χ0v) is 14.0. The summed E-state index contributed by atoms with van der Waals surface area (Å²) in [6.45, 7) is 4.87. The van der Waals surface area contributed by atoms with Crippen molar-refractivity contribution in [3.63, 3.8) is 0 Å². The third-order valence-corrected chi connectivity index (χ3v) is 3.61. The highest BCUT2D eigenvalue weighted by Gasteiger charge is 2.10. The van der Waals surface area contributed by atoms with Crippen LogP contribution in [-0.2, 0) is 6.54 Å². The minimum absolute atomic E-state index is 0.0390. The van der Waals surface area contributed by atoms with Crippen LogP contribution in [0, 0.1) is 5.82 Å². The van der Waals surface area contributed by atoms with Gasteiger partial charge in [-0.2, -0.15) is 0 Å². The van der Waals surface area contributed by atoms with Gasteiger partial charge in [-0.1, -0.05) is 25.4 Å². The maximum Gasteiger partial charge on any atom is 0.219 e. The summed E-state index contributed by atoms with van der Waals surface area (Å²) in [6.07, 6.45) is 1.66. The van der Waals surface area contributed by atoms with Crippen LogP contribution in [0.4, 0.5) is 4.39 Å². The highest BCUT2D eigenvalue weighted by Crippen LogP contribution is 2.33. The van der Waals surface area contributed by atoms with E-state index in [2.05, 4.69) is 40.1 Å². The Kier molecular flexibility index (Phi) is 5.56. The molecule has 0 unspecified atom stereocenters. The van der Waals surface area contributed by atoms with Gasteiger partial charge in [0.2, 0.25) is 5.88 Å². The van der Waals surface area contributed by atoms with Crippen LogP contribution in [0.3, 0.4) is 0 Å². The van der Waals surface area contributed by atoms with Gasteiger partial charge in [0.1, 0.15) is 11.6 Å². The third-order valence-electron chi connectivity index (χ3n) is 2.70. The molecule has 0 saturated carbocycles. The number of ether oxygens (including phenoxy) is 1. The largest absolute Gasteiger partial charge is 0.438 e. The Balaban J connectivity index is 2.16. The molecular weight excluding hydrogens is 359 g/mol. The first-order valence-electron chi connectivity index (χ1n) is 6.46. The van der Waals surface area contributed by atoms with Crippen molar-refractivity contribution in [1.29, 1.82) is 0 Å². The molecule has 0 saturated heterocycles.